The predicted molar refractivity (Wildman–Crippen MR) is 99.6 cm³/mol. The van der Waals surface area contributed by atoms with Crippen molar-refractivity contribution < 1.29 is 13.9 Å². The second-order valence-electron chi connectivity index (χ2n) is 5.93. The number of ether oxygens (including phenoxy) is 1. The molecule has 0 spiro atoms. The maximum absolute atomic E-state index is 13.2. The van der Waals surface area contributed by atoms with E-state index in [1.165, 1.54) is 18.2 Å². The van der Waals surface area contributed by atoms with Crippen LogP contribution < -0.4 is 15.0 Å². The number of rotatable bonds is 3. The van der Waals surface area contributed by atoms with Gasteiger partial charge in [-0.1, -0.05) is 11.6 Å². The zero-order valence-corrected chi connectivity index (χ0v) is 15.2. The molecule has 1 N–H and O–H groups in total. The minimum atomic E-state index is -0.513. The van der Waals surface area contributed by atoms with E-state index in [0.717, 1.165) is 18.7 Å². The van der Waals surface area contributed by atoms with Crippen LogP contribution in [0.2, 0.25) is 5.02 Å². The SMILES string of the molecule is COc1cnccc1N1CCCN(C(=O)Nc2ccc(F)c(Cl)c2)CC1. The van der Waals surface area contributed by atoms with Gasteiger partial charge in [-0.05, 0) is 30.7 Å². The number of nitrogens with one attached hydrogen (secondary N) is 1. The summed E-state index contributed by atoms with van der Waals surface area (Å²) in [6.45, 7) is 2.68. The number of methoxy groups -OCH3 is 1. The van der Waals surface area contributed by atoms with Gasteiger partial charge in [0.05, 0.1) is 24.0 Å². The number of carbonyl (C=O) groups is 1. The van der Waals surface area contributed by atoms with Crippen LogP contribution in [0.4, 0.5) is 20.6 Å². The summed E-state index contributed by atoms with van der Waals surface area (Å²) in [4.78, 5) is 20.5. The first-order valence-electron chi connectivity index (χ1n) is 8.32. The first kappa shape index (κ1) is 18.3. The van der Waals surface area contributed by atoms with Gasteiger partial charge in [0, 0.05) is 38.1 Å². The molecule has 0 aliphatic carbocycles. The van der Waals surface area contributed by atoms with E-state index in [4.69, 9.17) is 16.3 Å². The van der Waals surface area contributed by atoms with Crippen molar-refractivity contribution in [2.45, 2.75) is 6.42 Å². The van der Waals surface area contributed by atoms with Gasteiger partial charge in [-0.15, -0.1) is 0 Å². The first-order valence-corrected chi connectivity index (χ1v) is 8.70. The van der Waals surface area contributed by atoms with Gasteiger partial charge in [0.15, 0.2) is 5.75 Å². The molecule has 26 heavy (non-hydrogen) atoms. The number of hydrogen-bond acceptors (Lipinski definition) is 4. The van der Waals surface area contributed by atoms with Crippen molar-refractivity contribution in [3.8, 4) is 5.75 Å². The molecule has 2 heterocycles. The van der Waals surface area contributed by atoms with Gasteiger partial charge in [0.25, 0.3) is 0 Å². The molecule has 0 unspecified atom stereocenters. The van der Waals surface area contributed by atoms with E-state index >= 15 is 0 Å². The molecule has 0 radical (unpaired) electrons. The Labute approximate surface area is 156 Å². The summed E-state index contributed by atoms with van der Waals surface area (Å²) >= 11 is 5.76. The van der Waals surface area contributed by atoms with Crippen molar-refractivity contribution in [2.75, 3.05) is 43.5 Å². The zero-order valence-electron chi connectivity index (χ0n) is 14.4. The van der Waals surface area contributed by atoms with Crippen LogP contribution in [0, 0.1) is 5.82 Å². The van der Waals surface area contributed by atoms with Crippen LogP contribution in [-0.4, -0.2) is 49.2 Å². The number of benzene rings is 1. The highest BCUT2D eigenvalue weighted by Crippen LogP contribution is 2.27. The summed E-state index contributed by atoms with van der Waals surface area (Å²) in [7, 11) is 1.62. The van der Waals surface area contributed by atoms with Crippen LogP contribution >= 0.6 is 11.6 Å². The second-order valence-corrected chi connectivity index (χ2v) is 6.34. The van der Waals surface area contributed by atoms with Crippen LogP contribution in [-0.2, 0) is 0 Å². The van der Waals surface area contributed by atoms with Gasteiger partial charge in [-0.2, -0.15) is 0 Å². The Bertz CT molecular complexity index is 790. The lowest BCUT2D eigenvalue weighted by molar-refractivity contribution is 0.215. The van der Waals surface area contributed by atoms with E-state index in [2.05, 4.69) is 15.2 Å². The molecular formula is C18H20ClFN4O2. The molecule has 0 saturated carbocycles. The highest BCUT2D eigenvalue weighted by Gasteiger charge is 2.21. The smallest absolute Gasteiger partial charge is 0.321 e. The van der Waals surface area contributed by atoms with E-state index in [9.17, 15) is 9.18 Å². The highest BCUT2D eigenvalue weighted by atomic mass is 35.5. The third-order valence-electron chi connectivity index (χ3n) is 4.28. The number of hydrogen-bond donors (Lipinski definition) is 1. The quantitative estimate of drug-likeness (QED) is 0.886. The molecule has 1 aromatic heterocycles. The average Bonchev–Trinajstić information content (AvgIpc) is 2.91. The monoisotopic (exact) mass is 378 g/mol. The summed E-state index contributed by atoms with van der Waals surface area (Å²) < 4.78 is 18.6. The molecule has 3 rings (SSSR count). The molecule has 0 bridgehead atoms. The van der Waals surface area contributed by atoms with Crippen LogP contribution in [0.3, 0.4) is 0 Å². The molecule has 1 aliphatic heterocycles. The number of urea groups is 1. The Morgan fingerprint density at radius 1 is 1.27 bits per heavy atom. The second kappa shape index (κ2) is 8.23. The Hall–Kier alpha value is -2.54. The molecule has 1 saturated heterocycles. The number of halogens is 2. The predicted octanol–water partition coefficient (Wildman–Crippen LogP) is 3.63. The lowest BCUT2D eigenvalue weighted by Gasteiger charge is -2.25. The van der Waals surface area contributed by atoms with E-state index in [1.807, 2.05) is 6.07 Å². The molecule has 0 atom stereocenters. The topological polar surface area (TPSA) is 57.7 Å². The molecule has 1 fully saturated rings. The van der Waals surface area contributed by atoms with Crippen LogP contribution in [0.25, 0.3) is 0 Å². The molecule has 6 nitrogen and oxygen atoms in total. The summed E-state index contributed by atoms with van der Waals surface area (Å²) in [5.41, 5.74) is 1.44. The summed E-state index contributed by atoms with van der Waals surface area (Å²) in [6.07, 6.45) is 4.23. The number of anilines is 2. The fourth-order valence-corrected chi connectivity index (χ4v) is 3.11. The van der Waals surface area contributed by atoms with E-state index < -0.39 is 5.82 Å². The molecule has 138 valence electrons. The maximum Gasteiger partial charge on any atom is 0.321 e. The molecule has 8 heteroatoms. The Morgan fingerprint density at radius 3 is 2.88 bits per heavy atom. The van der Waals surface area contributed by atoms with Crippen molar-refractivity contribution in [3.05, 3.63) is 47.5 Å². The molecule has 2 amide bonds. The Balaban J connectivity index is 1.64. The van der Waals surface area contributed by atoms with Gasteiger partial charge in [0.2, 0.25) is 0 Å². The molecule has 2 aromatic rings. The summed E-state index contributed by atoms with van der Waals surface area (Å²) in [6, 6.07) is 5.81. The van der Waals surface area contributed by atoms with Crippen molar-refractivity contribution in [1.29, 1.82) is 0 Å². The highest BCUT2D eigenvalue weighted by molar-refractivity contribution is 6.31. The molecule has 1 aromatic carbocycles. The van der Waals surface area contributed by atoms with Crippen molar-refractivity contribution in [3.63, 3.8) is 0 Å². The van der Waals surface area contributed by atoms with Gasteiger partial charge >= 0.3 is 6.03 Å². The fraction of sp³-hybridized carbons (Fsp3) is 0.333. The molecular weight excluding hydrogens is 359 g/mol. The normalized spacial score (nSPS) is 14.7. The van der Waals surface area contributed by atoms with Gasteiger partial charge < -0.3 is 19.9 Å². The van der Waals surface area contributed by atoms with Crippen LogP contribution in [0.5, 0.6) is 5.75 Å². The number of aromatic nitrogens is 1. The number of nitrogens with zero attached hydrogens (tertiary/aromatic N) is 3. The fourth-order valence-electron chi connectivity index (χ4n) is 2.93. The van der Waals surface area contributed by atoms with E-state index in [0.29, 0.717) is 31.1 Å². The lowest BCUT2D eigenvalue weighted by atomic mass is 10.3. The largest absolute Gasteiger partial charge is 0.493 e. The third kappa shape index (κ3) is 4.16. The van der Waals surface area contributed by atoms with E-state index in [-0.39, 0.29) is 11.1 Å². The minimum absolute atomic E-state index is 0.0189. The Kier molecular flexibility index (Phi) is 5.78. The summed E-state index contributed by atoms with van der Waals surface area (Å²) in [5.74, 6) is 0.202. The van der Waals surface area contributed by atoms with Crippen molar-refractivity contribution in [1.82, 2.24) is 9.88 Å². The van der Waals surface area contributed by atoms with Crippen LogP contribution in [0.15, 0.2) is 36.7 Å². The zero-order chi connectivity index (χ0) is 18.5. The van der Waals surface area contributed by atoms with Crippen molar-refractivity contribution >= 4 is 29.0 Å². The lowest BCUT2D eigenvalue weighted by Crippen LogP contribution is -2.38. The maximum atomic E-state index is 13.2. The van der Waals surface area contributed by atoms with Gasteiger partial charge in [0.1, 0.15) is 5.82 Å². The summed E-state index contributed by atoms with van der Waals surface area (Å²) in [5, 5.41) is 2.75. The first-order chi connectivity index (χ1) is 12.6. The number of pyridine rings is 1. The number of amides is 2. The number of carbonyl (C=O) groups excluding carboxylic acids is 1. The van der Waals surface area contributed by atoms with E-state index in [1.54, 1.807) is 24.4 Å². The molecule has 1 aliphatic rings. The average molecular weight is 379 g/mol. The minimum Gasteiger partial charge on any atom is -0.493 e. The Morgan fingerprint density at radius 2 is 2.12 bits per heavy atom. The van der Waals surface area contributed by atoms with Crippen molar-refractivity contribution in [2.24, 2.45) is 0 Å². The third-order valence-corrected chi connectivity index (χ3v) is 4.57. The van der Waals surface area contributed by atoms with Crippen LogP contribution in [0.1, 0.15) is 6.42 Å². The van der Waals surface area contributed by atoms with Gasteiger partial charge in [-0.25, -0.2) is 9.18 Å². The van der Waals surface area contributed by atoms with Gasteiger partial charge in [-0.3, -0.25) is 4.98 Å². The standard InChI is InChI=1S/C18H20ClFN4O2/c1-26-17-12-21-6-5-16(17)23-7-2-8-24(10-9-23)18(25)22-13-3-4-15(20)14(19)11-13/h3-6,11-12H,2,7-10H2,1H3,(H,22,25).